The lowest BCUT2D eigenvalue weighted by molar-refractivity contribution is 1.38. The third-order valence-corrected chi connectivity index (χ3v) is 1.29. The first kappa shape index (κ1) is 11.0. The standard InChI is InChI=1S/C8H11N3.BrH/c1-10-8(9)11-7-5-3-2-4-6-7;/h2-6H,1H3,(H3,9,10,11);1H. The third kappa shape index (κ3) is 3.39. The van der Waals surface area contributed by atoms with Gasteiger partial charge in [-0.05, 0) is 12.1 Å². The van der Waals surface area contributed by atoms with Crippen LogP contribution in [0.25, 0.3) is 0 Å². The topological polar surface area (TPSA) is 50.4 Å². The number of nitrogens with one attached hydrogen (secondary N) is 1. The number of benzene rings is 1. The number of nitrogens with two attached hydrogens (primary N) is 1. The van der Waals surface area contributed by atoms with Gasteiger partial charge < -0.3 is 11.1 Å². The van der Waals surface area contributed by atoms with Gasteiger partial charge in [0.05, 0.1) is 0 Å². The summed E-state index contributed by atoms with van der Waals surface area (Å²) in [6.07, 6.45) is 0. The highest BCUT2D eigenvalue weighted by molar-refractivity contribution is 8.93. The van der Waals surface area contributed by atoms with Crippen LogP contribution < -0.4 is 11.1 Å². The van der Waals surface area contributed by atoms with Gasteiger partial charge in [-0.25, -0.2) is 0 Å². The van der Waals surface area contributed by atoms with Crippen LogP contribution in [0.15, 0.2) is 35.3 Å². The molecule has 0 atom stereocenters. The molecule has 3 nitrogen and oxygen atoms in total. The number of para-hydroxylation sites is 1. The van der Waals surface area contributed by atoms with Crippen molar-refractivity contribution in [2.24, 2.45) is 10.7 Å². The van der Waals surface area contributed by atoms with Crippen molar-refractivity contribution in [2.75, 3.05) is 12.4 Å². The van der Waals surface area contributed by atoms with Crippen molar-refractivity contribution < 1.29 is 0 Å². The van der Waals surface area contributed by atoms with Crippen LogP contribution in [-0.4, -0.2) is 13.0 Å². The van der Waals surface area contributed by atoms with E-state index in [1.54, 1.807) is 7.05 Å². The highest BCUT2D eigenvalue weighted by Crippen LogP contribution is 2.03. The SMILES string of the molecule is Br.CN=C(N)Nc1ccccc1. The lowest BCUT2D eigenvalue weighted by Crippen LogP contribution is -2.21. The van der Waals surface area contributed by atoms with Gasteiger partial charge in [0.1, 0.15) is 0 Å². The summed E-state index contributed by atoms with van der Waals surface area (Å²) < 4.78 is 0. The summed E-state index contributed by atoms with van der Waals surface area (Å²) in [7, 11) is 1.64. The lowest BCUT2D eigenvalue weighted by Gasteiger charge is -2.02. The summed E-state index contributed by atoms with van der Waals surface area (Å²) in [5, 5.41) is 2.92. The molecule has 12 heavy (non-hydrogen) atoms. The first-order valence-corrected chi connectivity index (χ1v) is 3.37. The molecular weight excluding hydrogens is 218 g/mol. The fraction of sp³-hybridized carbons (Fsp3) is 0.125. The third-order valence-electron chi connectivity index (χ3n) is 1.29. The average Bonchev–Trinajstić information content (AvgIpc) is 2.06. The Morgan fingerprint density at radius 1 is 1.33 bits per heavy atom. The average molecular weight is 230 g/mol. The molecule has 1 aromatic carbocycles. The molecule has 4 heteroatoms. The Kier molecular flexibility index (Phi) is 5.12. The number of hydrogen-bond donors (Lipinski definition) is 2. The van der Waals surface area contributed by atoms with E-state index in [0.717, 1.165) is 5.69 Å². The maximum atomic E-state index is 5.44. The van der Waals surface area contributed by atoms with E-state index in [0.29, 0.717) is 5.96 Å². The molecule has 0 bridgehead atoms. The molecule has 1 aromatic rings. The molecule has 0 heterocycles. The molecule has 1 rings (SSSR count). The van der Waals surface area contributed by atoms with E-state index in [1.165, 1.54) is 0 Å². The minimum Gasteiger partial charge on any atom is -0.370 e. The molecular formula is C8H12BrN3. The Morgan fingerprint density at radius 2 is 1.92 bits per heavy atom. The summed E-state index contributed by atoms with van der Waals surface area (Å²) in [6.45, 7) is 0. The predicted molar refractivity (Wildman–Crippen MR) is 57.9 cm³/mol. The molecule has 0 saturated heterocycles. The monoisotopic (exact) mass is 229 g/mol. The first-order chi connectivity index (χ1) is 5.33. The number of anilines is 1. The first-order valence-electron chi connectivity index (χ1n) is 3.37. The second-order valence-electron chi connectivity index (χ2n) is 2.10. The van der Waals surface area contributed by atoms with Gasteiger partial charge in [-0.2, -0.15) is 0 Å². The number of hydrogen-bond acceptors (Lipinski definition) is 1. The van der Waals surface area contributed by atoms with E-state index in [-0.39, 0.29) is 17.0 Å². The van der Waals surface area contributed by atoms with Gasteiger partial charge >= 0.3 is 0 Å². The van der Waals surface area contributed by atoms with Gasteiger partial charge in [-0.3, -0.25) is 4.99 Å². The summed E-state index contributed by atoms with van der Waals surface area (Å²) in [4.78, 5) is 3.77. The molecule has 0 aromatic heterocycles. The van der Waals surface area contributed by atoms with Crippen LogP contribution in [0, 0.1) is 0 Å². The molecule has 0 radical (unpaired) electrons. The van der Waals surface area contributed by atoms with Crippen LogP contribution in [0.3, 0.4) is 0 Å². The van der Waals surface area contributed by atoms with Crippen molar-refractivity contribution in [3.05, 3.63) is 30.3 Å². The molecule has 0 aliphatic heterocycles. The van der Waals surface area contributed by atoms with Crippen LogP contribution in [0.2, 0.25) is 0 Å². The summed E-state index contributed by atoms with van der Waals surface area (Å²) in [6, 6.07) is 9.68. The summed E-state index contributed by atoms with van der Waals surface area (Å²) >= 11 is 0. The van der Waals surface area contributed by atoms with Crippen LogP contribution in [0.1, 0.15) is 0 Å². The Labute approximate surface area is 82.5 Å². The number of rotatable bonds is 1. The smallest absolute Gasteiger partial charge is 0.192 e. The fourth-order valence-corrected chi connectivity index (χ4v) is 0.725. The fourth-order valence-electron chi connectivity index (χ4n) is 0.725. The predicted octanol–water partition coefficient (Wildman–Crippen LogP) is 1.62. The number of aliphatic imine (C=N–C) groups is 1. The van der Waals surface area contributed by atoms with E-state index < -0.39 is 0 Å². The van der Waals surface area contributed by atoms with E-state index in [2.05, 4.69) is 10.3 Å². The largest absolute Gasteiger partial charge is 0.370 e. The zero-order chi connectivity index (χ0) is 8.10. The molecule has 3 N–H and O–H groups in total. The maximum absolute atomic E-state index is 5.44. The number of guanidine groups is 1. The molecule has 0 fully saturated rings. The molecule has 0 spiro atoms. The van der Waals surface area contributed by atoms with Crippen molar-refractivity contribution in [3.63, 3.8) is 0 Å². The van der Waals surface area contributed by atoms with Gasteiger partial charge in [0, 0.05) is 12.7 Å². The highest BCUT2D eigenvalue weighted by atomic mass is 79.9. The van der Waals surface area contributed by atoms with Crippen molar-refractivity contribution in [3.8, 4) is 0 Å². The van der Waals surface area contributed by atoms with E-state index >= 15 is 0 Å². The Morgan fingerprint density at radius 3 is 2.42 bits per heavy atom. The Bertz CT molecular complexity index is 246. The maximum Gasteiger partial charge on any atom is 0.192 e. The van der Waals surface area contributed by atoms with Crippen LogP contribution in [-0.2, 0) is 0 Å². The van der Waals surface area contributed by atoms with Crippen LogP contribution >= 0.6 is 17.0 Å². The Hall–Kier alpha value is -1.03. The second kappa shape index (κ2) is 5.60. The van der Waals surface area contributed by atoms with E-state index in [4.69, 9.17) is 5.73 Å². The van der Waals surface area contributed by atoms with Gasteiger partial charge in [-0.1, -0.05) is 18.2 Å². The van der Waals surface area contributed by atoms with Crippen molar-refractivity contribution >= 4 is 28.6 Å². The van der Waals surface area contributed by atoms with Crippen LogP contribution in [0.4, 0.5) is 5.69 Å². The minimum atomic E-state index is 0. The van der Waals surface area contributed by atoms with Crippen molar-refractivity contribution in [1.29, 1.82) is 0 Å². The Balaban J connectivity index is 0.00000121. The van der Waals surface area contributed by atoms with Crippen LogP contribution in [0.5, 0.6) is 0 Å². The van der Waals surface area contributed by atoms with E-state index in [9.17, 15) is 0 Å². The number of halogens is 1. The highest BCUT2D eigenvalue weighted by Gasteiger charge is 1.89. The molecule has 66 valence electrons. The summed E-state index contributed by atoms with van der Waals surface area (Å²) in [5.74, 6) is 0.427. The normalized spacial score (nSPS) is 10.2. The molecule has 0 amide bonds. The second-order valence-corrected chi connectivity index (χ2v) is 2.10. The summed E-state index contributed by atoms with van der Waals surface area (Å²) in [5.41, 5.74) is 6.40. The minimum absolute atomic E-state index is 0. The number of nitrogens with zero attached hydrogens (tertiary/aromatic N) is 1. The van der Waals surface area contributed by atoms with Gasteiger partial charge in [0.15, 0.2) is 5.96 Å². The molecule has 0 aliphatic rings. The zero-order valence-electron chi connectivity index (χ0n) is 6.82. The quantitative estimate of drug-likeness (QED) is 0.569. The lowest BCUT2D eigenvalue weighted by atomic mass is 10.3. The van der Waals surface area contributed by atoms with Gasteiger partial charge in [0.25, 0.3) is 0 Å². The van der Waals surface area contributed by atoms with E-state index in [1.807, 2.05) is 30.3 Å². The van der Waals surface area contributed by atoms with Crippen molar-refractivity contribution in [1.82, 2.24) is 0 Å². The van der Waals surface area contributed by atoms with Crippen molar-refractivity contribution in [2.45, 2.75) is 0 Å². The molecule has 0 unspecified atom stereocenters. The molecule has 0 saturated carbocycles. The van der Waals surface area contributed by atoms with Gasteiger partial charge in [0.2, 0.25) is 0 Å². The zero-order valence-corrected chi connectivity index (χ0v) is 8.53. The van der Waals surface area contributed by atoms with Gasteiger partial charge in [-0.15, -0.1) is 17.0 Å². The molecule has 0 aliphatic carbocycles.